The quantitative estimate of drug-likeness (QED) is 0.149. The molecular formula is C32H33ClFN4O4S+. The van der Waals surface area contributed by atoms with Crippen LogP contribution in [-0.2, 0) is 23.0 Å². The predicted molar refractivity (Wildman–Crippen MR) is 168 cm³/mol. The molecule has 11 heteroatoms. The highest BCUT2D eigenvalue weighted by molar-refractivity contribution is 7.90. The van der Waals surface area contributed by atoms with E-state index in [1.54, 1.807) is 24.3 Å². The van der Waals surface area contributed by atoms with E-state index in [4.69, 9.17) is 20.8 Å². The molecule has 5 aromatic rings. The van der Waals surface area contributed by atoms with Crippen LogP contribution in [0.15, 0.2) is 83.5 Å². The molecule has 2 heterocycles. The zero-order chi connectivity index (χ0) is 30.6. The van der Waals surface area contributed by atoms with Gasteiger partial charge in [-0.3, -0.25) is 0 Å². The van der Waals surface area contributed by atoms with Gasteiger partial charge in [-0.25, -0.2) is 22.8 Å². The summed E-state index contributed by atoms with van der Waals surface area (Å²) in [5.74, 6) is 2.36. The zero-order valence-electron chi connectivity index (χ0n) is 24.2. The van der Waals surface area contributed by atoms with Crippen molar-refractivity contribution >= 4 is 43.8 Å². The molecule has 1 N–H and O–H groups in total. The molecule has 0 fully saturated rings. The molecule has 0 saturated heterocycles. The van der Waals surface area contributed by atoms with Crippen LogP contribution in [0.1, 0.15) is 18.2 Å². The molecule has 1 atom stereocenters. The second-order valence-electron chi connectivity index (χ2n) is 10.9. The number of anilines is 2. The molecular weight excluding hydrogens is 591 g/mol. The molecule has 0 saturated carbocycles. The standard InChI is InChI=1S/C32H33ClFN4O4S/c1-4-38(2,14-15-43(3,39)40)19-26-10-13-30(42-26)23-8-11-29-27(17-23)32(36-21-35-29)37-25-9-12-31(28(33)18-25)41-20-22-6-5-7-24(34)16-22/h5-13,16-18,21H,4,14-15,19-20H2,1-3H3,(H,35,36,37)/q+1. The smallest absolute Gasteiger partial charge is 0.159 e. The lowest BCUT2D eigenvalue weighted by molar-refractivity contribution is -0.919. The van der Waals surface area contributed by atoms with Gasteiger partial charge >= 0.3 is 0 Å². The van der Waals surface area contributed by atoms with Crippen molar-refractivity contribution in [3.8, 4) is 17.1 Å². The summed E-state index contributed by atoms with van der Waals surface area (Å²) < 4.78 is 49.5. The van der Waals surface area contributed by atoms with Crippen molar-refractivity contribution in [2.45, 2.75) is 20.1 Å². The Labute approximate surface area is 255 Å². The Bertz CT molecular complexity index is 1860. The number of hydrogen-bond acceptors (Lipinski definition) is 7. The van der Waals surface area contributed by atoms with E-state index in [0.717, 1.165) is 28.8 Å². The van der Waals surface area contributed by atoms with Gasteiger partial charge < -0.3 is 19.0 Å². The molecule has 0 spiro atoms. The number of nitrogens with zero attached hydrogens (tertiary/aromatic N) is 3. The first-order chi connectivity index (χ1) is 20.5. The van der Waals surface area contributed by atoms with E-state index in [2.05, 4.69) is 15.3 Å². The number of quaternary nitrogens is 1. The second-order valence-corrected chi connectivity index (χ2v) is 13.5. The van der Waals surface area contributed by atoms with Crippen molar-refractivity contribution in [3.05, 3.63) is 101 Å². The van der Waals surface area contributed by atoms with E-state index in [1.165, 1.54) is 24.7 Å². The van der Waals surface area contributed by atoms with Crippen LogP contribution in [-0.4, -0.2) is 55.0 Å². The topological polar surface area (TPSA) is 94.3 Å². The van der Waals surface area contributed by atoms with E-state index < -0.39 is 9.84 Å². The second kappa shape index (κ2) is 12.7. The molecule has 5 rings (SSSR count). The van der Waals surface area contributed by atoms with Crippen LogP contribution in [0, 0.1) is 5.82 Å². The number of ether oxygens (including phenoxy) is 1. The van der Waals surface area contributed by atoms with Crippen LogP contribution >= 0.6 is 11.6 Å². The van der Waals surface area contributed by atoms with Crippen molar-refractivity contribution in [1.82, 2.24) is 9.97 Å². The summed E-state index contributed by atoms with van der Waals surface area (Å²) in [7, 11) is -1.02. The third-order valence-electron chi connectivity index (χ3n) is 7.36. The third kappa shape index (κ3) is 7.90. The zero-order valence-corrected chi connectivity index (χ0v) is 25.8. The molecule has 1 unspecified atom stereocenters. The van der Waals surface area contributed by atoms with Crippen LogP contribution in [0.25, 0.3) is 22.2 Å². The van der Waals surface area contributed by atoms with Gasteiger partial charge in [-0.1, -0.05) is 23.7 Å². The first kappa shape index (κ1) is 30.5. The summed E-state index contributed by atoms with van der Waals surface area (Å²) >= 11 is 6.50. The van der Waals surface area contributed by atoms with Crippen LogP contribution in [0.2, 0.25) is 5.02 Å². The van der Waals surface area contributed by atoms with Crippen LogP contribution in [0.5, 0.6) is 5.75 Å². The largest absolute Gasteiger partial charge is 0.487 e. The van der Waals surface area contributed by atoms with Crippen molar-refractivity contribution in [3.63, 3.8) is 0 Å². The number of benzene rings is 3. The first-order valence-electron chi connectivity index (χ1n) is 13.8. The Morgan fingerprint density at radius 1 is 1.05 bits per heavy atom. The summed E-state index contributed by atoms with van der Waals surface area (Å²) in [5.41, 5.74) is 3.03. The Hall–Kier alpha value is -3.99. The van der Waals surface area contributed by atoms with Crippen molar-refractivity contribution in [1.29, 1.82) is 0 Å². The fraction of sp³-hybridized carbons (Fsp3) is 0.250. The Morgan fingerprint density at radius 3 is 2.63 bits per heavy atom. The molecule has 2 aromatic heterocycles. The summed E-state index contributed by atoms with van der Waals surface area (Å²) in [4.78, 5) is 8.87. The van der Waals surface area contributed by atoms with Gasteiger partial charge in [0.1, 0.15) is 42.6 Å². The molecule has 224 valence electrons. The van der Waals surface area contributed by atoms with Crippen molar-refractivity contribution in [2.75, 3.05) is 37.5 Å². The minimum Gasteiger partial charge on any atom is -0.487 e. The van der Waals surface area contributed by atoms with Gasteiger partial charge in [-0.05, 0) is 73.2 Å². The third-order valence-corrected chi connectivity index (χ3v) is 8.58. The number of halogens is 2. The number of fused-ring (bicyclic) bond motifs is 1. The molecule has 43 heavy (non-hydrogen) atoms. The lowest BCUT2D eigenvalue weighted by Gasteiger charge is -2.32. The molecule has 0 aliphatic carbocycles. The van der Waals surface area contributed by atoms with Crippen LogP contribution < -0.4 is 10.1 Å². The summed E-state index contributed by atoms with van der Waals surface area (Å²) in [6, 6.07) is 21.2. The summed E-state index contributed by atoms with van der Waals surface area (Å²) in [5, 5.41) is 4.52. The van der Waals surface area contributed by atoms with Crippen molar-refractivity contribution < 1.29 is 26.4 Å². The normalized spacial score (nSPS) is 13.1. The van der Waals surface area contributed by atoms with Gasteiger partial charge in [0.05, 0.1) is 36.4 Å². The lowest BCUT2D eigenvalue weighted by atomic mass is 10.1. The molecule has 0 aliphatic heterocycles. The minimum atomic E-state index is -3.05. The number of sulfone groups is 1. The minimum absolute atomic E-state index is 0.126. The van der Waals surface area contributed by atoms with Gasteiger partial charge in [-0.2, -0.15) is 0 Å². The van der Waals surface area contributed by atoms with Gasteiger partial charge in [0.2, 0.25) is 0 Å². The lowest BCUT2D eigenvalue weighted by Crippen LogP contribution is -2.45. The average molecular weight is 624 g/mol. The number of nitrogens with one attached hydrogen (secondary N) is 1. The van der Waals surface area contributed by atoms with E-state index in [-0.39, 0.29) is 18.2 Å². The number of furan rings is 1. The average Bonchev–Trinajstić information content (AvgIpc) is 3.43. The molecule has 0 amide bonds. The molecule has 0 aliphatic rings. The Balaban J connectivity index is 1.33. The van der Waals surface area contributed by atoms with Gasteiger partial charge in [0.15, 0.2) is 15.6 Å². The molecule has 0 radical (unpaired) electrons. The van der Waals surface area contributed by atoms with E-state index >= 15 is 0 Å². The van der Waals surface area contributed by atoms with Gasteiger partial charge in [-0.15, -0.1) is 0 Å². The highest BCUT2D eigenvalue weighted by atomic mass is 35.5. The number of rotatable bonds is 12. The monoisotopic (exact) mass is 623 g/mol. The SMILES string of the molecule is CC[N+](C)(CCS(C)(=O)=O)Cc1ccc(-c2ccc3ncnc(Nc4ccc(OCc5cccc(F)c5)c(Cl)c4)c3c2)o1. The molecule has 0 bridgehead atoms. The maximum atomic E-state index is 13.5. The maximum absolute atomic E-state index is 13.5. The molecule has 8 nitrogen and oxygen atoms in total. The van der Waals surface area contributed by atoms with Crippen LogP contribution in [0.3, 0.4) is 0 Å². The highest BCUT2D eigenvalue weighted by Gasteiger charge is 2.24. The highest BCUT2D eigenvalue weighted by Crippen LogP contribution is 2.33. The fourth-order valence-electron chi connectivity index (χ4n) is 4.66. The van der Waals surface area contributed by atoms with Crippen LogP contribution in [0.4, 0.5) is 15.9 Å². The Morgan fingerprint density at radius 2 is 1.88 bits per heavy atom. The van der Waals surface area contributed by atoms with E-state index in [0.29, 0.717) is 51.2 Å². The number of hydrogen-bond donors (Lipinski definition) is 1. The van der Waals surface area contributed by atoms with Crippen molar-refractivity contribution in [2.24, 2.45) is 0 Å². The maximum Gasteiger partial charge on any atom is 0.159 e. The van der Waals surface area contributed by atoms with E-state index in [9.17, 15) is 12.8 Å². The Kier molecular flexibility index (Phi) is 9.00. The summed E-state index contributed by atoms with van der Waals surface area (Å²) in [6.45, 7) is 4.11. The predicted octanol–water partition coefficient (Wildman–Crippen LogP) is 7.02. The summed E-state index contributed by atoms with van der Waals surface area (Å²) in [6.07, 6.45) is 2.76. The van der Waals surface area contributed by atoms with Gasteiger partial charge in [0.25, 0.3) is 0 Å². The van der Waals surface area contributed by atoms with E-state index in [1.807, 2.05) is 50.4 Å². The van der Waals surface area contributed by atoms with Gasteiger partial charge in [0, 0.05) is 22.9 Å². The first-order valence-corrected chi connectivity index (χ1v) is 16.2. The number of aromatic nitrogens is 2. The fourth-order valence-corrected chi connectivity index (χ4v) is 5.67. The molecule has 3 aromatic carbocycles.